The lowest BCUT2D eigenvalue weighted by atomic mass is 9.95. The molecule has 1 fully saturated rings. The molecule has 5 rings (SSSR count). The average Bonchev–Trinajstić information content (AvgIpc) is 3.50. The van der Waals surface area contributed by atoms with Crippen LogP contribution in [-0.2, 0) is 11.3 Å². The summed E-state index contributed by atoms with van der Waals surface area (Å²) in [5, 5.41) is 11.4. The van der Waals surface area contributed by atoms with Crippen molar-refractivity contribution in [1.29, 1.82) is 0 Å². The number of rotatable bonds is 6. The van der Waals surface area contributed by atoms with Gasteiger partial charge in [-0.15, -0.1) is 0 Å². The fraction of sp³-hybridized carbons (Fsp3) is 0.259. The first-order chi connectivity index (χ1) is 17.1. The number of aromatic nitrogens is 3. The minimum absolute atomic E-state index is 0.0610. The highest BCUT2D eigenvalue weighted by Gasteiger charge is 2.30. The van der Waals surface area contributed by atoms with Crippen LogP contribution in [0.3, 0.4) is 0 Å². The Morgan fingerprint density at radius 2 is 1.71 bits per heavy atom. The number of carbonyl (C=O) groups is 2. The molecule has 8 nitrogen and oxygen atoms in total. The molecule has 0 atom stereocenters. The van der Waals surface area contributed by atoms with Crippen molar-refractivity contribution in [3.8, 4) is 11.3 Å². The number of amides is 2. The lowest BCUT2D eigenvalue weighted by molar-refractivity contribution is -0.121. The Morgan fingerprint density at radius 3 is 2.37 bits per heavy atom. The molecule has 1 N–H and O–H groups in total. The predicted molar refractivity (Wildman–Crippen MR) is 132 cm³/mol. The smallest absolute Gasteiger partial charge is 0.257 e. The van der Waals surface area contributed by atoms with E-state index >= 15 is 0 Å². The zero-order valence-electron chi connectivity index (χ0n) is 19.6. The summed E-state index contributed by atoms with van der Waals surface area (Å²) in [6.45, 7) is 3.37. The van der Waals surface area contributed by atoms with Crippen molar-refractivity contribution >= 4 is 17.6 Å². The molecule has 178 valence electrons. The van der Waals surface area contributed by atoms with E-state index in [1.54, 1.807) is 13.0 Å². The number of nitrogens with zero attached hydrogens (tertiary/aromatic N) is 4. The predicted octanol–water partition coefficient (Wildman–Crippen LogP) is 4.39. The third-order valence-corrected chi connectivity index (χ3v) is 6.26. The lowest BCUT2D eigenvalue weighted by Gasteiger charge is -2.31. The molecule has 1 saturated heterocycles. The van der Waals surface area contributed by atoms with Crippen molar-refractivity contribution in [2.45, 2.75) is 26.3 Å². The largest absolute Gasteiger partial charge is 0.360 e. The van der Waals surface area contributed by atoms with Crippen LogP contribution in [0.15, 0.2) is 77.4 Å². The summed E-state index contributed by atoms with van der Waals surface area (Å²) < 4.78 is 6.84. The van der Waals surface area contributed by atoms with Gasteiger partial charge in [0.25, 0.3) is 5.91 Å². The van der Waals surface area contributed by atoms with E-state index in [-0.39, 0.29) is 17.7 Å². The molecule has 2 aromatic heterocycles. The van der Waals surface area contributed by atoms with Gasteiger partial charge >= 0.3 is 0 Å². The van der Waals surface area contributed by atoms with Gasteiger partial charge in [0.1, 0.15) is 11.5 Å². The Kier molecular flexibility index (Phi) is 6.43. The van der Waals surface area contributed by atoms with Crippen LogP contribution in [0, 0.1) is 12.8 Å². The number of aryl methyl sites for hydroxylation is 1. The van der Waals surface area contributed by atoms with E-state index in [1.165, 1.54) is 0 Å². The van der Waals surface area contributed by atoms with Crippen LogP contribution in [-0.4, -0.2) is 44.7 Å². The number of likely N-dealkylation sites (tertiary alicyclic amines) is 1. The van der Waals surface area contributed by atoms with Gasteiger partial charge in [-0.3, -0.25) is 14.3 Å². The van der Waals surface area contributed by atoms with Gasteiger partial charge in [-0.05, 0) is 25.3 Å². The molecule has 0 spiro atoms. The SMILES string of the molecule is Cc1cc(NC(=O)C2CCN(C(=O)c3cn(Cc4ccccc4)nc3-c3ccccc3)CC2)no1. The molecular weight excluding hydrogens is 442 g/mol. The minimum atomic E-state index is -0.176. The van der Waals surface area contributed by atoms with E-state index in [1.807, 2.05) is 76.4 Å². The third-order valence-electron chi connectivity index (χ3n) is 6.26. The number of hydrogen-bond donors (Lipinski definition) is 1. The van der Waals surface area contributed by atoms with Crippen LogP contribution in [0.1, 0.15) is 34.5 Å². The number of piperidine rings is 1. The maximum atomic E-state index is 13.6. The van der Waals surface area contributed by atoms with Crippen molar-refractivity contribution in [3.63, 3.8) is 0 Å². The van der Waals surface area contributed by atoms with Gasteiger partial charge in [0.15, 0.2) is 5.82 Å². The van der Waals surface area contributed by atoms with Crippen LogP contribution >= 0.6 is 0 Å². The molecule has 35 heavy (non-hydrogen) atoms. The summed E-state index contributed by atoms with van der Waals surface area (Å²) in [5.74, 6) is 0.734. The van der Waals surface area contributed by atoms with Crippen molar-refractivity contribution < 1.29 is 14.1 Å². The molecule has 0 radical (unpaired) electrons. The Bertz CT molecular complexity index is 1310. The molecule has 1 aliphatic rings. The second kappa shape index (κ2) is 9.97. The molecule has 3 heterocycles. The second-order valence-electron chi connectivity index (χ2n) is 8.82. The molecule has 0 unspecified atom stereocenters. The normalized spacial score (nSPS) is 14.1. The highest BCUT2D eigenvalue weighted by Crippen LogP contribution is 2.26. The van der Waals surface area contributed by atoms with Gasteiger partial charge in [-0.25, -0.2) is 0 Å². The highest BCUT2D eigenvalue weighted by molar-refractivity contribution is 6.00. The number of hydrogen-bond acceptors (Lipinski definition) is 5. The summed E-state index contributed by atoms with van der Waals surface area (Å²) in [6, 6.07) is 21.5. The molecular formula is C27H27N5O3. The standard InChI is InChI=1S/C27H27N5O3/c1-19-16-24(30-35-19)28-26(33)22-12-14-31(15-13-22)27(34)23-18-32(17-20-8-4-2-5-9-20)29-25(23)21-10-6-3-7-11-21/h2-11,16,18,22H,12-15,17H2,1H3,(H,28,30,33). The van der Waals surface area contributed by atoms with Gasteiger partial charge in [0.05, 0.1) is 12.1 Å². The van der Waals surface area contributed by atoms with Gasteiger partial charge in [0, 0.05) is 36.8 Å². The number of anilines is 1. The summed E-state index contributed by atoms with van der Waals surface area (Å²) in [4.78, 5) is 28.0. The molecule has 8 heteroatoms. The van der Waals surface area contributed by atoms with Gasteiger partial charge in [0.2, 0.25) is 5.91 Å². The number of nitrogens with one attached hydrogen (secondary N) is 1. The Morgan fingerprint density at radius 1 is 1.03 bits per heavy atom. The molecule has 0 aliphatic carbocycles. The minimum Gasteiger partial charge on any atom is -0.360 e. The Hall–Kier alpha value is -4.20. The molecule has 0 bridgehead atoms. The summed E-state index contributed by atoms with van der Waals surface area (Å²) in [6.07, 6.45) is 3.02. The van der Waals surface area contributed by atoms with E-state index in [0.29, 0.717) is 55.3 Å². The topological polar surface area (TPSA) is 93.3 Å². The van der Waals surface area contributed by atoms with E-state index in [0.717, 1.165) is 11.1 Å². The molecule has 4 aromatic rings. The zero-order valence-corrected chi connectivity index (χ0v) is 19.6. The molecule has 1 aliphatic heterocycles. The van der Waals surface area contributed by atoms with Crippen LogP contribution in [0.2, 0.25) is 0 Å². The van der Waals surface area contributed by atoms with E-state index in [2.05, 4.69) is 10.5 Å². The van der Waals surface area contributed by atoms with Crippen molar-refractivity contribution in [1.82, 2.24) is 19.8 Å². The first-order valence-corrected chi connectivity index (χ1v) is 11.8. The van der Waals surface area contributed by atoms with Crippen LogP contribution in [0.4, 0.5) is 5.82 Å². The van der Waals surface area contributed by atoms with Gasteiger partial charge < -0.3 is 14.7 Å². The fourth-order valence-electron chi connectivity index (χ4n) is 4.41. The first-order valence-electron chi connectivity index (χ1n) is 11.8. The quantitative estimate of drug-likeness (QED) is 0.452. The van der Waals surface area contributed by atoms with E-state index in [9.17, 15) is 9.59 Å². The molecule has 2 aromatic carbocycles. The molecule has 0 saturated carbocycles. The Balaban J connectivity index is 1.31. The zero-order chi connectivity index (χ0) is 24.2. The van der Waals surface area contributed by atoms with Crippen molar-refractivity contribution in [2.24, 2.45) is 5.92 Å². The average molecular weight is 470 g/mol. The maximum Gasteiger partial charge on any atom is 0.257 e. The van der Waals surface area contributed by atoms with E-state index in [4.69, 9.17) is 9.62 Å². The maximum absolute atomic E-state index is 13.6. The summed E-state index contributed by atoms with van der Waals surface area (Å²) in [7, 11) is 0. The van der Waals surface area contributed by atoms with E-state index < -0.39 is 0 Å². The van der Waals surface area contributed by atoms with Crippen molar-refractivity contribution in [2.75, 3.05) is 18.4 Å². The second-order valence-corrected chi connectivity index (χ2v) is 8.82. The fourth-order valence-corrected chi connectivity index (χ4v) is 4.41. The summed E-state index contributed by atoms with van der Waals surface area (Å²) >= 11 is 0. The van der Waals surface area contributed by atoms with Gasteiger partial charge in [-0.2, -0.15) is 5.10 Å². The molecule has 2 amide bonds. The third kappa shape index (κ3) is 5.16. The number of carbonyl (C=O) groups excluding carboxylic acids is 2. The van der Waals surface area contributed by atoms with Gasteiger partial charge in [-0.1, -0.05) is 65.8 Å². The van der Waals surface area contributed by atoms with Crippen LogP contribution in [0.5, 0.6) is 0 Å². The van der Waals surface area contributed by atoms with Crippen molar-refractivity contribution in [3.05, 3.63) is 89.8 Å². The Labute approximate surface area is 203 Å². The van der Waals surface area contributed by atoms with Crippen LogP contribution in [0.25, 0.3) is 11.3 Å². The highest BCUT2D eigenvalue weighted by atomic mass is 16.5. The summed E-state index contributed by atoms with van der Waals surface area (Å²) in [5.41, 5.74) is 3.27. The lowest BCUT2D eigenvalue weighted by Crippen LogP contribution is -2.41. The first kappa shape index (κ1) is 22.6. The monoisotopic (exact) mass is 469 g/mol. The van der Waals surface area contributed by atoms with Crippen LogP contribution < -0.4 is 5.32 Å². The number of benzene rings is 2.